The lowest BCUT2D eigenvalue weighted by Gasteiger charge is -2.22. The molecule has 1 unspecified atom stereocenters. The molecule has 4 heteroatoms. The lowest BCUT2D eigenvalue weighted by molar-refractivity contribution is -0.116. The van der Waals surface area contributed by atoms with Gasteiger partial charge < -0.3 is 15.4 Å². The summed E-state index contributed by atoms with van der Waals surface area (Å²) in [6.45, 7) is 1.59. The molecule has 1 amide bonds. The highest BCUT2D eigenvalue weighted by Gasteiger charge is 2.16. The van der Waals surface area contributed by atoms with Crippen LogP contribution in [0.4, 0.5) is 5.69 Å². The fraction of sp³-hybridized carbons (Fsp3) is 0.533. The van der Waals surface area contributed by atoms with Gasteiger partial charge in [-0.1, -0.05) is 18.6 Å². The fourth-order valence-electron chi connectivity index (χ4n) is 2.44. The predicted molar refractivity (Wildman–Crippen MR) is 76.0 cm³/mol. The Kier molecular flexibility index (Phi) is 5.36. The number of amides is 1. The van der Waals surface area contributed by atoms with Gasteiger partial charge in [-0.3, -0.25) is 4.79 Å². The highest BCUT2D eigenvalue weighted by atomic mass is 16.5. The third-order valence-electron chi connectivity index (χ3n) is 3.37. The smallest absolute Gasteiger partial charge is 0.225 e. The Hall–Kier alpha value is -1.39. The maximum atomic E-state index is 12.0. The largest absolute Gasteiger partial charge is 0.380 e. The SMILES string of the molecule is COCc1cccc(NC(=O)CC2CCCCN2)c1. The lowest BCUT2D eigenvalue weighted by atomic mass is 10.0. The van der Waals surface area contributed by atoms with Crippen molar-refractivity contribution in [3.05, 3.63) is 29.8 Å². The number of ether oxygens (including phenoxy) is 1. The molecule has 0 radical (unpaired) electrons. The minimum atomic E-state index is 0.0777. The van der Waals surface area contributed by atoms with Crippen LogP contribution in [0.2, 0.25) is 0 Å². The van der Waals surface area contributed by atoms with Crippen LogP contribution in [0, 0.1) is 0 Å². The number of benzene rings is 1. The van der Waals surface area contributed by atoms with Gasteiger partial charge in [0.25, 0.3) is 0 Å². The van der Waals surface area contributed by atoms with Crippen LogP contribution in [0.15, 0.2) is 24.3 Å². The summed E-state index contributed by atoms with van der Waals surface area (Å²) in [5, 5.41) is 6.34. The standard InChI is InChI=1S/C15H22N2O2/c1-19-11-12-5-4-7-14(9-12)17-15(18)10-13-6-2-3-8-16-13/h4-5,7,9,13,16H,2-3,6,8,10-11H2,1H3,(H,17,18). The molecule has 104 valence electrons. The maximum Gasteiger partial charge on any atom is 0.225 e. The van der Waals surface area contributed by atoms with E-state index in [0.717, 1.165) is 24.2 Å². The van der Waals surface area contributed by atoms with E-state index in [0.29, 0.717) is 19.1 Å². The predicted octanol–water partition coefficient (Wildman–Crippen LogP) is 2.30. The molecular weight excluding hydrogens is 240 g/mol. The third-order valence-corrected chi connectivity index (χ3v) is 3.37. The summed E-state index contributed by atoms with van der Waals surface area (Å²) in [5.41, 5.74) is 1.91. The van der Waals surface area contributed by atoms with Gasteiger partial charge >= 0.3 is 0 Å². The molecule has 2 rings (SSSR count). The normalized spacial score (nSPS) is 19.1. The van der Waals surface area contributed by atoms with E-state index in [4.69, 9.17) is 4.74 Å². The monoisotopic (exact) mass is 262 g/mol. The third kappa shape index (κ3) is 4.65. The first kappa shape index (κ1) is 14.0. The molecule has 1 aliphatic rings. The average molecular weight is 262 g/mol. The van der Waals surface area contributed by atoms with Gasteiger partial charge in [-0.2, -0.15) is 0 Å². The average Bonchev–Trinajstić information content (AvgIpc) is 2.40. The molecule has 0 spiro atoms. The molecule has 1 fully saturated rings. The zero-order chi connectivity index (χ0) is 13.5. The highest BCUT2D eigenvalue weighted by molar-refractivity contribution is 5.91. The Morgan fingerprint density at radius 2 is 2.37 bits per heavy atom. The van der Waals surface area contributed by atoms with E-state index in [9.17, 15) is 4.79 Å². The molecule has 1 aromatic carbocycles. The van der Waals surface area contributed by atoms with Gasteiger partial charge in [-0.05, 0) is 37.1 Å². The first-order valence-corrected chi connectivity index (χ1v) is 6.89. The molecule has 1 atom stereocenters. The van der Waals surface area contributed by atoms with Crippen molar-refractivity contribution in [1.82, 2.24) is 5.32 Å². The second-order valence-electron chi connectivity index (χ2n) is 5.03. The molecular formula is C15H22N2O2. The van der Waals surface area contributed by atoms with Crippen LogP contribution >= 0.6 is 0 Å². The number of anilines is 1. The van der Waals surface area contributed by atoms with Crippen molar-refractivity contribution < 1.29 is 9.53 Å². The van der Waals surface area contributed by atoms with Crippen LogP contribution in [0.5, 0.6) is 0 Å². The Morgan fingerprint density at radius 1 is 1.47 bits per heavy atom. The van der Waals surface area contributed by atoms with E-state index in [1.54, 1.807) is 7.11 Å². The van der Waals surface area contributed by atoms with E-state index < -0.39 is 0 Å². The summed E-state index contributed by atoms with van der Waals surface area (Å²) < 4.78 is 5.09. The zero-order valence-electron chi connectivity index (χ0n) is 11.4. The summed E-state index contributed by atoms with van der Waals surface area (Å²) in [4.78, 5) is 12.0. The zero-order valence-corrected chi connectivity index (χ0v) is 11.4. The van der Waals surface area contributed by atoms with Crippen LogP contribution in [-0.2, 0) is 16.1 Å². The number of carbonyl (C=O) groups is 1. The van der Waals surface area contributed by atoms with Gasteiger partial charge in [0.15, 0.2) is 0 Å². The maximum absolute atomic E-state index is 12.0. The molecule has 1 aromatic rings. The molecule has 0 bridgehead atoms. The number of piperidine rings is 1. The van der Waals surface area contributed by atoms with Crippen LogP contribution in [0.1, 0.15) is 31.2 Å². The highest BCUT2D eigenvalue weighted by Crippen LogP contribution is 2.14. The van der Waals surface area contributed by atoms with Crippen molar-refractivity contribution in [1.29, 1.82) is 0 Å². The van der Waals surface area contributed by atoms with Crippen LogP contribution in [0.3, 0.4) is 0 Å². The molecule has 1 heterocycles. The van der Waals surface area contributed by atoms with Gasteiger partial charge in [-0.15, -0.1) is 0 Å². The minimum absolute atomic E-state index is 0.0777. The van der Waals surface area contributed by atoms with Gasteiger partial charge in [0, 0.05) is 25.3 Å². The molecule has 0 saturated carbocycles. The summed E-state index contributed by atoms with van der Waals surface area (Å²) in [6, 6.07) is 8.11. The van der Waals surface area contributed by atoms with Gasteiger partial charge in [0.2, 0.25) is 5.91 Å². The van der Waals surface area contributed by atoms with Crippen LogP contribution in [0.25, 0.3) is 0 Å². The van der Waals surface area contributed by atoms with Crippen molar-refractivity contribution in [3.8, 4) is 0 Å². The van der Waals surface area contributed by atoms with Crippen molar-refractivity contribution >= 4 is 11.6 Å². The van der Waals surface area contributed by atoms with Crippen LogP contribution in [-0.4, -0.2) is 25.6 Å². The molecule has 4 nitrogen and oxygen atoms in total. The van der Waals surface area contributed by atoms with Gasteiger partial charge in [0.1, 0.15) is 0 Å². The van der Waals surface area contributed by atoms with E-state index in [1.165, 1.54) is 12.8 Å². The quantitative estimate of drug-likeness (QED) is 0.856. The van der Waals surface area contributed by atoms with Gasteiger partial charge in [-0.25, -0.2) is 0 Å². The Morgan fingerprint density at radius 3 is 3.11 bits per heavy atom. The number of carbonyl (C=O) groups excluding carboxylic acids is 1. The first-order chi connectivity index (χ1) is 9.28. The molecule has 1 saturated heterocycles. The molecule has 0 aromatic heterocycles. The molecule has 19 heavy (non-hydrogen) atoms. The minimum Gasteiger partial charge on any atom is -0.380 e. The topological polar surface area (TPSA) is 50.4 Å². The van der Waals surface area contributed by atoms with Crippen molar-refractivity contribution in [2.45, 2.75) is 38.3 Å². The second-order valence-corrected chi connectivity index (χ2v) is 5.03. The second kappa shape index (κ2) is 7.26. The summed E-state index contributed by atoms with van der Waals surface area (Å²) in [7, 11) is 1.67. The summed E-state index contributed by atoms with van der Waals surface area (Å²) >= 11 is 0. The Bertz CT molecular complexity index is 414. The van der Waals surface area contributed by atoms with E-state index in [1.807, 2.05) is 24.3 Å². The Labute approximate surface area is 114 Å². The van der Waals surface area contributed by atoms with Crippen LogP contribution < -0.4 is 10.6 Å². The van der Waals surface area contributed by atoms with Gasteiger partial charge in [0.05, 0.1) is 6.61 Å². The fourth-order valence-corrected chi connectivity index (χ4v) is 2.44. The number of methoxy groups -OCH3 is 1. The number of nitrogens with one attached hydrogen (secondary N) is 2. The molecule has 2 N–H and O–H groups in total. The molecule has 0 aliphatic carbocycles. The van der Waals surface area contributed by atoms with Crippen molar-refractivity contribution in [2.24, 2.45) is 0 Å². The van der Waals surface area contributed by atoms with E-state index in [2.05, 4.69) is 10.6 Å². The van der Waals surface area contributed by atoms with Crippen molar-refractivity contribution in [3.63, 3.8) is 0 Å². The first-order valence-electron chi connectivity index (χ1n) is 6.89. The summed E-state index contributed by atoms with van der Waals surface area (Å²) in [6.07, 6.45) is 4.08. The van der Waals surface area contributed by atoms with E-state index >= 15 is 0 Å². The van der Waals surface area contributed by atoms with E-state index in [-0.39, 0.29) is 5.91 Å². The number of hydrogen-bond acceptors (Lipinski definition) is 3. The number of hydrogen-bond donors (Lipinski definition) is 2. The Balaban J connectivity index is 1.85. The van der Waals surface area contributed by atoms with Crippen molar-refractivity contribution in [2.75, 3.05) is 19.0 Å². The summed E-state index contributed by atoms with van der Waals surface area (Å²) in [5.74, 6) is 0.0777. The number of rotatable bonds is 5. The lowest BCUT2D eigenvalue weighted by Crippen LogP contribution is -2.36. The molecule has 1 aliphatic heterocycles.